The first kappa shape index (κ1) is 11.9. The van der Waals surface area contributed by atoms with Crippen LogP contribution in [0, 0.1) is 0 Å². The molecule has 4 heteroatoms. The average molecular weight is 226 g/mol. The van der Waals surface area contributed by atoms with E-state index in [9.17, 15) is 9.00 Å². The fraction of sp³-hybridized carbons (Fsp3) is 0.364. The van der Waals surface area contributed by atoms with E-state index in [1.807, 2.05) is 30.3 Å². The van der Waals surface area contributed by atoms with Gasteiger partial charge in [-0.25, -0.2) is 0 Å². The van der Waals surface area contributed by atoms with Crippen molar-refractivity contribution in [2.75, 3.05) is 19.1 Å². The van der Waals surface area contributed by atoms with Gasteiger partial charge in [-0.3, -0.25) is 9.00 Å². The Morgan fingerprint density at radius 1 is 1.40 bits per heavy atom. The van der Waals surface area contributed by atoms with Gasteiger partial charge in [0, 0.05) is 22.8 Å². The van der Waals surface area contributed by atoms with E-state index < -0.39 is 16.7 Å². The Morgan fingerprint density at radius 3 is 2.47 bits per heavy atom. The van der Waals surface area contributed by atoms with Crippen LogP contribution >= 0.6 is 0 Å². The van der Waals surface area contributed by atoms with Crippen LogP contribution in [0.2, 0.25) is 0 Å². The predicted octanol–water partition coefficient (Wildman–Crippen LogP) is 1.32. The van der Waals surface area contributed by atoms with Gasteiger partial charge in [0.05, 0.1) is 13.0 Å². The van der Waals surface area contributed by atoms with Crippen molar-refractivity contribution < 1.29 is 13.7 Å². The monoisotopic (exact) mass is 226 g/mol. The zero-order valence-electron chi connectivity index (χ0n) is 8.80. The number of esters is 1. The molecule has 0 saturated carbocycles. The number of ether oxygens (including phenoxy) is 1. The number of hydrogen-bond donors (Lipinski definition) is 0. The lowest BCUT2D eigenvalue weighted by atomic mass is 10.0. The van der Waals surface area contributed by atoms with E-state index in [1.165, 1.54) is 7.11 Å². The Hall–Kier alpha value is -1.16. The Morgan fingerprint density at radius 2 is 2.00 bits per heavy atom. The van der Waals surface area contributed by atoms with E-state index in [0.29, 0.717) is 5.75 Å². The Bertz CT molecular complexity index is 348. The normalized spacial score (nSPS) is 14.3. The highest BCUT2D eigenvalue weighted by Gasteiger charge is 2.22. The molecule has 0 N–H and O–H groups in total. The predicted molar refractivity (Wildman–Crippen MR) is 60.1 cm³/mol. The number of carbonyl (C=O) groups is 1. The van der Waals surface area contributed by atoms with E-state index >= 15 is 0 Å². The number of rotatable bonds is 4. The van der Waals surface area contributed by atoms with E-state index in [4.69, 9.17) is 4.74 Å². The lowest BCUT2D eigenvalue weighted by Crippen LogP contribution is -2.20. The quantitative estimate of drug-likeness (QED) is 0.727. The summed E-state index contributed by atoms with van der Waals surface area (Å²) in [5.74, 6) is -0.463. The van der Waals surface area contributed by atoms with Crippen molar-refractivity contribution in [3.8, 4) is 0 Å². The first-order valence-electron chi connectivity index (χ1n) is 4.58. The molecule has 2 atom stereocenters. The molecule has 0 aliphatic rings. The molecular formula is C11H14O3S. The molecule has 1 aromatic carbocycles. The second-order valence-corrected chi connectivity index (χ2v) is 4.71. The van der Waals surface area contributed by atoms with Crippen LogP contribution in [0.25, 0.3) is 0 Å². The molecular weight excluding hydrogens is 212 g/mol. The van der Waals surface area contributed by atoms with Crippen LogP contribution in [-0.4, -0.2) is 29.3 Å². The highest BCUT2D eigenvalue weighted by molar-refractivity contribution is 7.84. The molecule has 0 fully saturated rings. The fourth-order valence-electron chi connectivity index (χ4n) is 1.36. The minimum Gasteiger partial charge on any atom is -0.469 e. The molecule has 0 saturated heterocycles. The van der Waals surface area contributed by atoms with Gasteiger partial charge in [-0.05, 0) is 5.56 Å². The summed E-state index contributed by atoms with van der Waals surface area (Å²) in [6, 6.07) is 9.26. The molecule has 3 nitrogen and oxygen atoms in total. The molecule has 1 rings (SSSR count). The Balaban J connectivity index is 2.91. The number of benzene rings is 1. The van der Waals surface area contributed by atoms with Gasteiger partial charge in [-0.15, -0.1) is 0 Å². The van der Waals surface area contributed by atoms with Crippen LogP contribution in [0.3, 0.4) is 0 Å². The van der Waals surface area contributed by atoms with Crippen LogP contribution < -0.4 is 0 Å². The summed E-state index contributed by atoms with van der Waals surface area (Å²) < 4.78 is 15.8. The summed E-state index contributed by atoms with van der Waals surface area (Å²) in [4.78, 5) is 11.5. The largest absolute Gasteiger partial charge is 0.469 e. The molecule has 2 unspecified atom stereocenters. The minimum atomic E-state index is -1.02. The molecule has 0 radical (unpaired) electrons. The smallest absolute Gasteiger partial charge is 0.314 e. The second-order valence-electron chi connectivity index (χ2n) is 3.23. The van der Waals surface area contributed by atoms with Crippen molar-refractivity contribution >= 4 is 16.8 Å². The second kappa shape index (κ2) is 5.66. The summed E-state index contributed by atoms with van der Waals surface area (Å²) in [6.45, 7) is 0. The van der Waals surface area contributed by atoms with Crippen molar-refractivity contribution in [2.45, 2.75) is 5.92 Å². The molecule has 0 aromatic heterocycles. The summed E-state index contributed by atoms with van der Waals surface area (Å²) in [7, 11) is 0.325. The maximum atomic E-state index is 11.5. The lowest BCUT2D eigenvalue weighted by Gasteiger charge is -2.13. The summed E-state index contributed by atoms with van der Waals surface area (Å²) in [6.07, 6.45) is 1.58. The third-order valence-electron chi connectivity index (χ3n) is 2.09. The molecule has 1 aromatic rings. The maximum absolute atomic E-state index is 11.5. The molecule has 0 amide bonds. The van der Waals surface area contributed by atoms with Crippen LogP contribution in [0.4, 0.5) is 0 Å². The van der Waals surface area contributed by atoms with Gasteiger partial charge in [-0.1, -0.05) is 30.3 Å². The highest BCUT2D eigenvalue weighted by atomic mass is 32.2. The minimum absolute atomic E-state index is 0.302. The molecule has 0 spiro atoms. The first-order chi connectivity index (χ1) is 7.15. The van der Waals surface area contributed by atoms with Gasteiger partial charge in [0.2, 0.25) is 0 Å². The van der Waals surface area contributed by atoms with Gasteiger partial charge >= 0.3 is 5.97 Å². The standard InChI is InChI=1S/C11H14O3S/c1-14-11(12)10(8-15(2)13)9-6-4-3-5-7-9/h3-7,10H,8H2,1-2H3. The van der Waals surface area contributed by atoms with Crippen LogP contribution in [0.5, 0.6) is 0 Å². The van der Waals surface area contributed by atoms with Crippen molar-refractivity contribution in [3.05, 3.63) is 35.9 Å². The van der Waals surface area contributed by atoms with Crippen molar-refractivity contribution in [1.82, 2.24) is 0 Å². The van der Waals surface area contributed by atoms with E-state index in [-0.39, 0.29) is 5.97 Å². The number of methoxy groups -OCH3 is 1. The molecule has 0 heterocycles. The van der Waals surface area contributed by atoms with Crippen molar-refractivity contribution in [2.24, 2.45) is 0 Å². The summed E-state index contributed by atoms with van der Waals surface area (Å²) in [5.41, 5.74) is 0.847. The molecule has 82 valence electrons. The van der Waals surface area contributed by atoms with Crippen molar-refractivity contribution in [3.63, 3.8) is 0 Å². The van der Waals surface area contributed by atoms with Crippen molar-refractivity contribution in [1.29, 1.82) is 0 Å². The van der Waals surface area contributed by atoms with Crippen LogP contribution in [0.1, 0.15) is 11.5 Å². The third-order valence-corrected chi connectivity index (χ3v) is 2.89. The molecule has 0 aliphatic carbocycles. The molecule has 15 heavy (non-hydrogen) atoms. The maximum Gasteiger partial charge on any atom is 0.314 e. The van der Waals surface area contributed by atoms with Crippen LogP contribution in [0.15, 0.2) is 30.3 Å². The topological polar surface area (TPSA) is 43.4 Å². The number of hydrogen-bond acceptors (Lipinski definition) is 3. The van der Waals surface area contributed by atoms with Gasteiger partial charge < -0.3 is 4.74 Å². The highest BCUT2D eigenvalue weighted by Crippen LogP contribution is 2.17. The molecule has 0 bridgehead atoms. The Labute approximate surface area is 91.9 Å². The summed E-state index contributed by atoms with van der Waals surface area (Å²) >= 11 is 0. The molecule has 0 aliphatic heterocycles. The van der Waals surface area contributed by atoms with Gasteiger partial charge in [-0.2, -0.15) is 0 Å². The van der Waals surface area contributed by atoms with Gasteiger partial charge in [0.1, 0.15) is 0 Å². The SMILES string of the molecule is COC(=O)C(CS(C)=O)c1ccccc1. The van der Waals surface area contributed by atoms with Crippen LogP contribution in [-0.2, 0) is 20.3 Å². The first-order valence-corrected chi connectivity index (χ1v) is 6.30. The zero-order chi connectivity index (χ0) is 11.3. The lowest BCUT2D eigenvalue weighted by molar-refractivity contribution is -0.141. The Kier molecular flexibility index (Phi) is 4.49. The van der Waals surface area contributed by atoms with E-state index in [1.54, 1.807) is 6.26 Å². The fourth-order valence-corrected chi connectivity index (χ4v) is 2.16. The zero-order valence-corrected chi connectivity index (χ0v) is 9.62. The van der Waals surface area contributed by atoms with E-state index in [2.05, 4.69) is 0 Å². The third kappa shape index (κ3) is 3.47. The summed E-state index contributed by atoms with van der Waals surface area (Å²) in [5, 5.41) is 0. The number of carbonyl (C=O) groups excluding carboxylic acids is 1. The van der Waals surface area contributed by atoms with E-state index in [0.717, 1.165) is 5.56 Å². The van der Waals surface area contributed by atoms with Gasteiger partial charge in [0.25, 0.3) is 0 Å². The van der Waals surface area contributed by atoms with Gasteiger partial charge in [0.15, 0.2) is 0 Å². The average Bonchev–Trinajstić information content (AvgIpc) is 2.26.